The molecule has 19 heavy (non-hydrogen) atoms. The maximum Gasteiger partial charge on any atom is 0.271 e. The summed E-state index contributed by atoms with van der Waals surface area (Å²) in [4.78, 5) is 20.3. The van der Waals surface area contributed by atoms with Crippen LogP contribution in [-0.4, -0.2) is 35.6 Å². The number of hydrogen-bond donors (Lipinski definition) is 2. The number of nitrogens with zero attached hydrogens (tertiary/aromatic N) is 2. The van der Waals surface area contributed by atoms with Crippen molar-refractivity contribution < 1.29 is 0 Å². The second-order valence-electron chi connectivity index (χ2n) is 5.48. The molecule has 2 aliphatic rings. The summed E-state index contributed by atoms with van der Waals surface area (Å²) in [7, 11) is 0. The van der Waals surface area contributed by atoms with Crippen molar-refractivity contribution in [3.63, 3.8) is 0 Å². The lowest BCUT2D eigenvalue weighted by Crippen LogP contribution is -2.38. The maximum absolute atomic E-state index is 11.5. The van der Waals surface area contributed by atoms with E-state index in [0.717, 1.165) is 44.4 Å². The Labute approximate surface area is 117 Å². The van der Waals surface area contributed by atoms with Gasteiger partial charge in [-0.3, -0.25) is 4.79 Å². The van der Waals surface area contributed by atoms with Gasteiger partial charge in [-0.25, -0.2) is 4.98 Å². The zero-order valence-electron chi connectivity index (χ0n) is 10.9. The third-order valence-electron chi connectivity index (χ3n) is 3.96. The molecule has 0 spiro atoms. The molecular formula is C13H19ClN4O. The highest BCUT2D eigenvalue weighted by atomic mass is 35.5. The van der Waals surface area contributed by atoms with Gasteiger partial charge in [-0.2, -0.15) is 0 Å². The molecule has 1 saturated carbocycles. The lowest BCUT2D eigenvalue weighted by Gasteiger charge is -2.33. The van der Waals surface area contributed by atoms with Crippen LogP contribution < -0.4 is 15.8 Å². The summed E-state index contributed by atoms with van der Waals surface area (Å²) < 4.78 is 0. The molecule has 1 aromatic heterocycles. The van der Waals surface area contributed by atoms with Crippen LogP contribution in [0.1, 0.15) is 25.7 Å². The van der Waals surface area contributed by atoms with Crippen LogP contribution in [0.3, 0.4) is 0 Å². The Morgan fingerprint density at radius 1 is 1.37 bits per heavy atom. The summed E-state index contributed by atoms with van der Waals surface area (Å²) in [6.45, 7) is 2.97. The van der Waals surface area contributed by atoms with Gasteiger partial charge in [0.15, 0.2) is 5.82 Å². The first-order valence-corrected chi connectivity index (χ1v) is 7.33. The van der Waals surface area contributed by atoms with Crippen LogP contribution in [0.25, 0.3) is 0 Å². The van der Waals surface area contributed by atoms with Gasteiger partial charge in [0.05, 0.1) is 6.33 Å². The number of nitrogens with one attached hydrogen (secondary N) is 2. The normalized spacial score (nSPS) is 20.8. The molecule has 1 aliphatic heterocycles. The second-order valence-corrected chi connectivity index (χ2v) is 5.86. The average molecular weight is 283 g/mol. The molecule has 2 N–H and O–H groups in total. The van der Waals surface area contributed by atoms with E-state index in [2.05, 4.69) is 20.2 Å². The van der Waals surface area contributed by atoms with Crippen LogP contribution in [0.2, 0.25) is 5.02 Å². The van der Waals surface area contributed by atoms with E-state index in [1.165, 1.54) is 19.2 Å². The van der Waals surface area contributed by atoms with Crippen molar-refractivity contribution in [1.82, 2.24) is 15.3 Å². The van der Waals surface area contributed by atoms with Crippen molar-refractivity contribution in [2.45, 2.75) is 31.7 Å². The van der Waals surface area contributed by atoms with Crippen LogP contribution in [0.15, 0.2) is 11.1 Å². The van der Waals surface area contributed by atoms with E-state index in [1.54, 1.807) is 0 Å². The summed E-state index contributed by atoms with van der Waals surface area (Å²) in [6.07, 6.45) is 6.36. The first-order valence-electron chi connectivity index (χ1n) is 6.95. The van der Waals surface area contributed by atoms with Gasteiger partial charge in [0, 0.05) is 19.1 Å². The molecule has 0 aromatic carbocycles. The van der Waals surface area contributed by atoms with Crippen LogP contribution in [-0.2, 0) is 0 Å². The number of rotatable bonds is 4. The van der Waals surface area contributed by atoms with E-state index in [4.69, 9.17) is 11.6 Å². The molecule has 0 unspecified atom stereocenters. The highest BCUT2D eigenvalue weighted by Crippen LogP contribution is 2.26. The Balaban J connectivity index is 1.56. The predicted octanol–water partition coefficient (Wildman–Crippen LogP) is 1.39. The van der Waals surface area contributed by atoms with Crippen molar-refractivity contribution >= 4 is 17.4 Å². The van der Waals surface area contributed by atoms with Crippen LogP contribution in [0, 0.1) is 5.92 Å². The Hall–Kier alpha value is -1.07. The topological polar surface area (TPSA) is 61.0 Å². The molecular weight excluding hydrogens is 264 g/mol. The first kappa shape index (κ1) is 12.9. The summed E-state index contributed by atoms with van der Waals surface area (Å²) >= 11 is 6.01. The van der Waals surface area contributed by atoms with Gasteiger partial charge in [-0.05, 0) is 38.1 Å². The highest BCUT2D eigenvalue weighted by Gasteiger charge is 2.25. The molecule has 6 heteroatoms. The van der Waals surface area contributed by atoms with Gasteiger partial charge >= 0.3 is 0 Å². The Morgan fingerprint density at radius 3 is 2.79 bits per heavy atom. The monoisotopic (exact) mass is 282 g/mol. The summed E-state index contributed by atoms with van der Waals surface area (Å²) in [6, 6.07) is 0.779. The molecule has 104 valence electrons. The minimum absolute atomic E-state index is 0.206. The Morgan fingerprint density at radius 2 is 2.11 bits per heavy atom. The number of piperidine rings is 1. The molecule has 2 fully saturated rings. The van der Waals surface area contributed by atoms with E-state index < -0.39 is 0 Å². The lowest BCUT2D eigenvalue weighted by atomic mass is 9.97. The van der Waals surface area contributed by atoms with E-state index in [1.807, 2.05) is 0 Å². The zero-order valence-corrected chi connectivity index (χ0v) is 11.6. The quantitative estimate of drug-likeness (QED) is 0.876. The van der Waals surface area contributed by atoms with Gasteiger partial charge in [-0.1, -0.05) is 11.6 Å². The number of H-pyrrole nitrogens is 1. The molecule has 1 saturated heterocycles. The van der Waals surface area contributed by atoms with Gasteiger partial charge in [0.25, 0.3) is 5.56 Å². The van der Waals surface area contributed by atoms with Crippen molar-refractivity contribution in [3.05, 3.63) is 21.7 Å². The highest BCUT2D eigenvalue weighted by molar-refractivity contribution is 6.32. The third-order valence-corrected chi connectivity index (χ3v) is 4.31. The Kier molecular flexibility index (Phi) is 3.75. The van der Waals surface area contributed by atoms with E-state index in [-0.39, 0.29) is 10.6 Å². The van der Waals surface area contributed by atoms with Crippen LogP contribution in [0.5, 0.6) is 0 Å². The van der Waals surface area contributed by atoms with E-state index >= 15 is 0 Å². The number of anilines is 1. The van der Waals surface area contributed by atoms with Gasteiger partial charge in [0.2, 0.25) is 0 Å². The average Bonchev–Trinajstić information content (AvgIpc) is 3.25. The SMILES string of the molecule is O=c1[nH]cnc(N2CCC(CNC3CC3)CC2)c1Cl. The number of aromatic nitrogens is 2. The molecule has 1 aliphatic carbocycles. The molecule has 3 rings (SSSR count). The largest absolute Gasteiger partial charge is 0.355 e. The Bertz CT molecular complexity index is 492. The molecule has 1 aromatic rings. The fraction of sp³-hybridized carbons (Fsp3) is 0.692. The summed E-state index contributed by atoms with van der Waals surface area (Å²) in [5.74, 6) is 1.36. The molecule has 2 heterocycles. The van der Waals surface area contributed by atoms with E-state index in [9.17, 15) is 4.79 Å². The lowest BCUT2D eigenvalue weighted by molar-refractivity contribution is 0.381. The van der Waals surface area contributed by atoms with Gasteiger partial charge in [-0.15, -0.1) is 0 Å². The fourth-order valence-electron chi connectivity index (χ4n) is 2.56. The molecule has 0 amide bonds. The number of aromatic amines is 1. The summed E-state index contributed by atoms with van der Waals surface area (Å²) in [5.41, 5.74) is -0.260. The molecule has 0 atom stereocenters. The first-order chi connectivity index (χ1) is 9.24. The van der Waals surface area contributed by atoms with Crippen LogP contribution >= 0.6 is 11.6 Å². The van der Waals surface area contributed by atoms with Crippen molar-refractivity contribution in [3.8, 4) is 0 Å². The molecule has 5 nitrogen and oxygen atoms in total. The van der Waals surface area contributed by atoms with Gasteiger partial charge in [0.1, 0.15) is 5.02 Å². The van der Waals surface area contributed by atoms with Crippen molar-refractivity contribution in [2.24, 2.45) is 5.92 Å². The third kappa shape index (κ3) is 3.09. The predicted molar refractivity (Wildman–Crippen MR) is 75.8 cm³/mol. The standard InChI is InChI=1S/C13H19ClN4O/c14-11-12(16-8-17-13(11)19)18-5-3-9(4-6-18)7-15-10-1-2-10/h8-10,15H,1-7H2,(H,16,17,19). The number of halogens is 1. The van der Waals surface area contributed by atoms with Gasteiger partial charge < -0.3 is 15.2 Å². The van der Waals surface area contributed by atoms with Crippen molar-refractivity contribution in [2.75, 3.05) is 24.5 Å². The minimum Gasteiger partial charge on any atom is -0.355 e. The zero-order chi connectivity index (χ0) is 13.2. The van der Waals surface area contributed by atoms with Crippen molar-refractivity contribution in [1.29, 1.82) is 0 Å². The fourth-order valence-corrected chi connectivity index (χ4v) is 2.79. The molecule has 0 radical (unpaired) electrons. The van der Waals surface area contributed by atoms with E-state index in [0.29, 0.717) is 5.82 Å². The minimum atomic E-state index is -0.260. The summed E-state index contributed by atoms with van der Waals surface area (Å²) in [5, 5.41) is 3.79. The molecule has 0 bridgehead atoms. The number of hydrogen-bond acceptors (Lipinski definition) is 4. The van der Waals surface area contributed by atoms with Crippen LogP contribution in [0.4, 0.5) is 5.82 Å². The smallest absolute Gasteiger partial charge is 0.271 e. The maximum atomic E-state index is 11.5. The second kappa shape index (κ2) is 5.51.